The van der Waals surface area contributed by atoms with Gasteiger partial charge in [-0.3, -0.25) is 9.59 Å². The van der Waals surface area contributed by atoms with Crippen LogP contribution in [0.5, 0.6) is 5.75 Å². The summed E-state index contributed by atoms with van der Waals surface area (Å²) < 4.78 is 5.02. The fourth-order valence-corrected chi connectivity index (χ4v) is 2.22. The van der Waals surface area contributed by atoms with Gasteiger partial charge >= 0.3 is 11.9 Å². The highest BCUT2D eigenvalue weighted by atomic mass is 16.5. The van der Waals surface area contributed by atoms with Gasteiger partial charge < -0.3 is 20.1 Å². The van der Waals surface area contributed by atoms with Gasteiger partial charge in [0, 0.05) is 37.4 Å². The molecule has 0 aliphatic heterocycles. The van der Waals surface area contributed by atoms with Crippen LogP contribution in [0.15, 0.2) is 24.4 Å². The molecule has 1 aromatic heterocycles. The number of benzene rings is 1. The topological polar surface area (TPSA) is 108 Å². The molecule has 3 N–H and O–H groups in total. The molecule has 0 unspecified atom stereocenters. The standard InChI is InChI=1S/C15H16N2O5/c1-8(18)17-14(15(20)21)5-10-7-16-13-4-3-11(6-12(10)13)22-9(2)19/h3-4,6-7,14,16H,5H2,1-2H3,(H,17,18)(H,20,21)/t14-/m0/s1. The first-order valence-corrected chi connectivity index (χ1v) is 6.65. The monoisotopic (exact) mass is 304 g/mol. The first kappa shape index (κ1) is 15.6. The lowest BCUT2D eigenvalue weighted by molar-refractivity contribution is -0.141. The normalized spacial score (nSPS) is 11.9. The van der Waals surface area contributed by atoms with Crippen LogP contribution in [0.4, 0.5) is 0 Å². The van der Waals surface area contributed by atoms with E-state index in [1.165, 1.54) is 13.8 Å². The Bertz CT molecular complexity index is 735. The van der Waals surface area contributed by atoms with E-state index in [1.54, 1.807) is 24.4 Å². The van der Waals surface area contributed by atoms with Crippen LogP contribution in [0, 0.1) is 0 Å². The third-order valence-corrected chi connectivity index (χ3v) is 3.10. The summed E-state index contributed by atoms with van der Waals surface area (Å²) in [5, 5.41) is 12.3. The first-order valence-electron chi connectivity index (χ1n) is 6.65. The van der Waals surface area contributed by atoms with Gasteiger partial charge in [0.2, 0.25) is 5.91 Å². The number of esters is 1. The van der Waals surface area contributed by atoms with Crippen LogP contribution in [-0.2, 0) is 20.8 Å². The minimum absolute atomic E-state index is 0.123. The number of fused-ring (bicyclic) bond motifs is 1. The molecule has 22 heavy (non-hydrogen) atoms. The van der Waals surface area contributed by atoms with E-state index in [-0.39, 0.29) is 6.42 Å². The van der Waals surface area contributed by atoms with Gasteiger partial charge in [0.25, 0.3) is 0 Å². The summed E-state index contributed by atoms with van der Waals surface area (Å²) in [6.45, 7) is 2.57. The van der Waals surface area contributed by atoms with Crippen molar-refractivity contribution < 1.29 is 24.2 Å². The Balaban J connectivity index is 2.31. The summed E-state index contributed by atoms with van der Waals surface area (Å²) in [4.78, 5) is 36.3. The third-order valence-electron chi connectivity index (χ3n) is 3.10. The summed E-state index contributed by atoms with van der Waals surface area (Å²) in [5.41, 5.74) is 1.50. The van der Waals surface area contributed by atoms with Gasteiger partial charge in [-0.05, 0) is 23.8 Å². The van der Waals surface area contributed by atoms with Crippen molar-refractivity contribution in [3.8, 4) is 5.75 Å². The Hall–Kier alpha value is -2.83. The third kappa shape index (κ3) is 3.63. The zero-order valence-corrected chi connectivity index (χ0v) is 12.2. The number of aromatic nitrogens is 1. The lowest BCUT2D eigenvalue weighted by Crippen LogP contribution is -2.41. The van der Waals surface area contributed by atoms with Crippen molar-refractivity contribution in [3.05, 3.63) is 30.0 Å². The summed E-state index contributed by atoms with van der Waals surface area (Å²) in [6.07, 6.45) is 1.80. The van der Waals surface area contributed by atoms with Crippen LogP contribution >= 0.6 is 0 Å². The molecule has 0 bridgehead atoms. The molecule has 0 saturated heterocycles. The Morgan fingerprint density at radius 3 is 2.64 bits per heavy atom. The maximum absolute atomic E-state index is 11.2. The number of carbonyl (C=O) groups excluding carboxylic acids is 2. The average Bonchev–Trinajstić information content (AvgIpc) is 2.79. The van der Waals surface area contributed by atoms with Crippen molar-refractivity contribution in [2.24, 2.45) is 0 Å². The molecule has 1 amide bonds. The van der Waals surface area contributed by atoms with Gasteiger partial charge in [0.1, 0.15) is 11.8 Å². The number of rotatable bonds is 5. The molecule has 7 heteroatoms. The highest BCUT2D eigenvalue weighted by Crippen LogP contribution is 2.25. The fourth-order valence-electron chi connectivity index (χ4n) is 2.22. The second kappa shape index (κ2) is 6.30. The van der Waals surface area contributed by atoms with E-state index in [4.69, 9.17) is 4.74 Å². The Morgan fingerprint density at radius 2 is 2.05 bits per heavy atom. The van der Waals surface area contributed by atoms with E-state index in [9.17, 15) is 19.5 Å². The highest BCUT2D eigenvalue weighted by molar-refractivity contribution is 5.87. The Kier molecular flexibility index (Phi) is 4.45. The molecule has 1 heterocycles. The van der Waals surface area contributed by atoms with Gasteiger partial charge in [0.05, 0.1) is 0 Å². The summed E-state index contributed by atoms with van der Waals surface area (Å²) >= 11 is 0. The molecule has 0 aliphatic rings. The van der Waals surface area contributed by atoms with E-state index in [2.05, 4.69) is 10.3 Å². The van der Waals surface area contributed by atoms with Crippen molar-refractivity contribution >= 4 is 28.7 Å². The summed E-state index contributed by atoms with van der Waals surface area (Å²) in [5.74, 6) is -1.57. The lowest BCUT2D eigenvalue weighted by Gasteiger charge is -2.12. The highest BCUT2D eigenvalue weighted by Gasteiger charge is 2.20. The van der Waals surface area contributed by atoms with Crippen molar-refractivity contribution in [1.29, 1.82) is 0 Å². The second-order valence-electron chi connectivity index (χ2n) is 4.91. The molecule has 0 spiro atoms. The van der Waals surface area contributed by atoms with Crippen LogP contribution in [0.1, 0.15) is 19.4 Å². The largest absolute Gasteiger partial charge is 0.480 e. The Morgan fingerprint density at radius 1 is 1.32 bits per heavy atom. The molecular formula is C15H16N2O5. The van der Waals surface area contributed by atoms with Crippen molar-refractivity contribution in [1.82, 2.24) is 10.3 Å². The van der Waals surface area contributed by atoms with Gasteiger partial charge in [0.15, 0.2) is 0 Å². The van der Waals surface area contributed by atoms with Crippen LogP contribution < -0.4 is 10.1 Å². The maximum atomic E-state index is 11.2. The van der Waals surface area contributed by atoms with Crippen LogP contribution in [0.25, 0.3) is 10.9 Å². The van der Waals surface area contributed by atoms with E-state index in [1.807, 2.05) is 0 Å². The molecule has 0 aliphatic carbocycles. The van der Waals surface area contributed by atoms with Gasteiger partial charge in [-0.25, -0.2) is 4.79 Å². The molecule has 0 radical (unpaired) electrons. The quantitative estimate of drug-likeness (QED) is 0.568. The fraction of sp³-hybridized carbons (Fsp3) is 0.267. The summed E-state index contributed by atoms with van der Waals surface area (Å²) in [7, 11) is 0. The van der Waals surface area contributed by atoms with Crippen LogP contribution in [0.2, 0.25) is 0 Å². The lowest BCUT2D eigenvalue weighted by atomic mass is 10.0. The van der Waals surface area contributed by atoms with Crippen molar-refractivity contribution in [3.63, 3.8) is 0 Å². The van der Waals surface area contributed by atoms with Gasteiger partial charge in [-0.2, -0.15) is 0 Å². The van der Waals surface area contributed by atoms with Crippen molar-refractivity contribution in [2.45, 2.75) is 26.3 Å². The molecular weight excluding hydrogens is 288 g/mol. The first-order chi connectivity index (χ1) is 10.4. The average molecular weight is 304 g/mol. The summed E-state index contributed by atoms with van der Waals surface area (Å²) in [6, 6.07) is 4.03. The Labute approximate surface area is 126 Å². The number of ether oxygens (including phenoxy) is 1. The minimum Gasteiger partial charge on any atom is -0.480 e. The van der Waals surface area contributed by atoms with Gasteiger partial charge in [-0.1, -0.05) is 0 Å². The SMILES string of the molecule is CC(=O)N[C@@H](Cc1c[nH]c2ccc(OC(C)=O)cc12)C(=O)O. The molecule has 1 atom stereocenters. The number of hydrogen-bond donors (Lipinski definition) is 3. The molecule has 0 fully saturated rings. The number of amides is 1. The van der Waals surface area contributed by atoms with Crippen LogP contribution in [0.3, 0.4) is 0 Å². The molecule has 7 nitrogen and oxygen atoms in total. The predicted molar refractivity (Wildman–Crippen MR) is 78.6 cm³/mol. The van der Waals surface area contributed by atoms with Crippen LogP contribution in [-0.4, -0.2) is 34.0 Å². The zero-order valence-electron chi connectivity index (χ0n) is 12.2. The number of carbonyl (C=O) groups is 3. The number of aromatic amines is 1. The molecule has 116 valence electrons. The maximum Gasteiger partial charge on any atom is 0.326 e. The van der Waals surface area contributed by atoms with E-state index < -0.39 is 23.9 Å². The smallest absolute Gasteiger partial charge is 0.326 e. The molecule has 2 rings (SSSR count). The number of aliphatic carboxylic acids is 1. The molecule has 0 saturated carbocycles. The van der Waals surface area contributed by atoms with E-state index in [0.717, 1.165) is 10.9 Å². The molecule has 1 aromatic carbocycles. The number of nitrogens with one attached hydrogen (secondary N) is 2. The van der Waals surface area contributed by atoms with E-state index >= 15 is 0 Å². The predicted octanol–water partition coefficient (Wildman–Crippen LogP) is 1.22. The number of carboxylic acid groups (broad SMARTS) is 1. The van der Waals surface area contributed by atoms with E-state index in [0.29, 0.717) is 11.3 Å². The minimum atomic E-state index is -1.11. The number of hydrogen-bond acceptors (Lipinski definition) is 4. The number of H-pyrrole nitrogens is 1. The van der Waals surface area contributed by atoms with Crippen molar-refractivity contribution in [2.75, 3.05) is 0 Å². The zero-order chi connectivity index (χ0) is 16.3. The second-order valence-corrected chi connectivity index (χ2v) is 4.91. The van der Waals surface area contributed by atoms with Gasteiger partial charge in [-0.15, -0.1) is 0 Å². The number of carboxylic acids is 1. The molecule has 2 aromatic rings.